The third kappa shape index (κ3) is 3.86. The summed E-state index contributed by atoms with van der Waals surface area (Å²) in [6, 6.07) is 4.39. The average molecular weight is 418 g/mol. The monoisotopic (exact) mass is 417 g/mol. The van der Waals surface area contributed by atoms with Gasteiger partial charge in [-0.25, -0.2) is 9.18 Å². The molecule has 0 bridgehead atoms. The van der Waals surface area contributed by atoms with Crippen molar-refractivity contribution in [2.45, 2.75) is 19.1 Å². The Kier molecular flexibility index (Phi) is 5.16. The van der Waals surface area contributed by atoms with Gasteiger partial charge in [-0.15, -0.1) is 0 Å². The van der Waals surface area contributed by atoms with Crippen LogP contribution < -0.4 is 4.74 Å². The highest BCUT2D eigenvalue weighted by atomic mass is 35.5. The molecular formula is C17H12ClF4N3O3. The van der Waals surface area contributed by atoms with Crippen LogP contribution in [0.2, 0.25) is 5.02 Å². The summed E-state index contributed by atoms with van der Waals surface area (Å²) in [5.74, 6) is -2.28. The number of methoxy groups -OCH3 is 1. The molecule has 2 aromatic carbocycles. The second-order valence-electron chi connectivity index (χ2n) is 5.74. The van der Waals surface area contributed by atoms with Gasteiger partial charge in [0.25, 0.3) is 0 Å². The quantitative estimate of drug-likeness (QED) is 0.452. The van der Waals surface area contributed by atoms with Gasteiger partial charge >= 0.3 is 12.1 Å². The molecule has 148 valence electrons. The highest BCUT2D eigenvalue weighted by Crippen LogP contribution is 2.38. The van der Waals surface area contributed by atoms with E-state index in [4.69, 9.17) is 16.3 Å². The molecule has 0 aliphatic heterocycles. The molecular weight excluding hydrogens is 406 g/mol. The number of carbonyl (C=O) groups is 1. The van der Waals surface area contributed by atoms with Crippen LogP contribution >= 0.6 is 11.6 Å². The Morgan fingerprint density at radius 2 is 1.86 bits per heavy atom. The van der Waals surface area contributed by atoms with Crippen molar-refractivity contribution in [1.29, 1.82) is 0 Å². The largest absolute Gasteiger partial charge is 0.467 e. The third-order valence-corrected chi connectivity index (χ3v) is 4.08. The van der Waals surface area contributed by atoms with E-state index in [2.05, 4.69) is 14.9 Å². The van der Waals surface area contributed by atoms with Crippen molar-refractivity contribution >= 4 is 28.6 Å². The highest BCUT2D eigenvalue weighted by Gasteiger charge is 2.32. The zero-order valence-corrected chi connectivity index (χ0v) is 15.2. The number of carbonyl (C=O) groups excluding carboxylic acids is 1. The minimum absolute atomic E-state index is 0.0748. The Balaban J connectivity index is 1.92. The van der Waals surface area contributed by atoms with Gasteiger partial charge in [-0.1, -0.05) is 11.6 Å². The highest BCUT2D eigenvalue weighted by molar-refractivity contribution is 6.32. The minimum atomic E-state index is -4.74. The van der Waals surface area contributed by atoms with E-state index < -0.39 is 40.3 Å². The number of esters is 1. The fourth-order valence-electron chi connectivity index (χ4n) is 2.35. The molecule has 1 atom stereocenters. The number of ether oxygens (including phenoxy) is 2. The number of aromatic nitrogens is 3. The second-order valence-corrected chi connectivity index (χ2v) is 6.15. The van der Waals surface area contributed by atoms with Crippen molar-refractivity contribution in [2.75, 3.05) is 7.11 Å². The number of rotatable bonds is 4. The van der Waals surface area contributed by atoms with E-state index in [-0.39, 0.29) is 5.75 Å². The fourth-order valence-corrected chi connectivity index (χ4v) is 2.60. The number of fused-ring (bicyclic) bond motifs is 1. The summed E-state index contributed by atoms with van der Waals surface area (Å²) < 4.78 is 62.2. The van der Waals surface area contributed by atoms with Gasteiger partial charge in [0.1, 0.15) is 16.8 Å². The van der Waals surface area contributed by atoms with Crippen LogP contribution in [0.3, 0.4) is 0 Å². The number of benzene rings is 2. The van der Waals surface area contributed by atoms with E-state index >= 15 is 0 Å². The summed E-state index contributed by atoms with van der Waals surface area (Å²) in [4.78, 5) is 12.7. The molecule has 0 radical (unpaired) electrons. The molecule has 0 saturated carbocycles. The number of nitrogens with zero attached hydrogens (tertiary/aromatic N) is 3. The van der Waals surface area contributed by atoms with E-state index in [9.17, 15) is 22.4 Å². The van der Waals surface area contributed by atoms with Crippen molar-refractivity contribution in [3.8, 4) is 11.5 Å². The maximum atomic E-state index is 14.1. The van der Waals surface area contributed by atoms with Crippen molar-refractivity contribution in [3.63, 3.8) is 0 Å². The van der Waals surface area contributed by atoms with Gasteiger partial charge in [-0.05, 0) is 31.2 Å². The fraction of sp³-hybridized carbons (Fsp3) is 0.235. The molecule has 0 fully saturated rings. The lowest BCUT2D eigenvalue weighted by Crippen LogP contribution is -2.19. The molecule has 3 aromatic rings. The summed E-state index contributed by atoms with van der Waals surface area (Å²) in [5, 5.41) is 7.72. The number of alkyl halides is 3. The van der Waals surface area contributed by atoms with Gasteiger partial charge in [0, 0.05) is 6.07 Å². The van der Waals surface area contributed by atoms with Gasteiger partial charge in [-0.2, -0.15) is 28.2 Å². The lowest BCUT2D eigenvalue weighted by Gasteiger charge is -2.12. The molecule has 6 nitrogen and oxygen atoms in total. The molecule has 28 heavy (non-hydrogen) atoms. The van der Waals surface area contributed by atoms with E-state index in [0.29, 0.717) is 23.2 Å². The first-order valence-electron chi connectivity index (χ1n) is 7.78. The average Bonchev–Trinajstić information content (AvgIpc) is 3.05. The molecule has 0 amide bonds. The van der Waals surface area contributed by atoms with Gasteiger partial charge in [0.15, 0.2) is 17.6 Å². The number of halogens is 5. The third-order valence-electron chi connectivity index (χ3n) is 3.80. The maximum Gasteiger partial charge on any atom is 0.416 e. The second kappa shape index (κ2) is 7.27. The Labute approximate surface area is 160 Å². The molecule has 1 unspecified atom stereocenters. The lowest BCUT2D eigenvalue weighted by molar-refractivity contribution is -0.144. The first-order valence-corrected chi connectivity index (χ1v) is 8.16. The molecule has 0 N–H and O–H groups in total. The number of hydrogen-bond acceptors (Lipinski definition) is 5. The molecule has 1 aromatic heterocycles. The van der Waals surface area contributed by atoms with E-state index in [1.165, 1.54) is 25.3 Å². The molecule has 11 heteroatoms. The van der Waals surface area contributed by atoms with Crippen LogP contribution in [0.5, 0.6) is 11.5 Å². The Morgan fingerprint density at radius 1 is 1.18 bits per heavy atom. The van der Waals surface area contributed by atoms with Crippen molar-refractivity contribution < 1.29 is 31.8 Å². The molecule has 0 aliphatic carbocycles. The van der Waals surface area contributed by atoms with Gasteiger partial charge in [0.2, 0.25) is 0 Å². The molecule has 3 rings (SSSR count). The van der Waals surface area contributed by atoms with E-state index in [1.54, 1.807) is 6.92 Å². The SMILES string of the molecule is COC(=O)C(C)n1nc2ccc(Oc3c(F)cc(C(F)(F)F)cc3Cl)cc2n1. The minimum Gasteiger partial charge on any atom is -0.467 e. The predicted molar refractivity (Wildman–Crippen MR) is 90.7 cm³/mol. The topological polar surface area (TPSA) is 66.2 Å². The summed E-state index contributed by atoms with van der Waals surface area (Å²) in [7, 11) is 1.23. The molecule has 0 saturated heterocycles. The Morgan fingerprint density at radius 3 is 2.46 bits per heavy atom. The summed E-state index contributed by atoms with van der Waals surface area (Å²) in [6.45, 7) is 1.54. The van der Waals surface area contributed by atoms with Crippen LogP contribution in [0.15, 0.2) is 30.3 Å². The first kappa shape index (κ1) is 19.9. The standard InChI is InChI=1S/C17H12ClF4N3O3/c1-8(16(26)27-2)25-23-13-4-3-10(7-14(13)24-25)28-15-11(18)5-9(6-12(15)19)17(20,21)22/h3-8H,1-2H3. The predicted octanol–water partition coefficient (Wildman–Crippen LogP) is 4.77. The first-order chi connectivity index (χ1) is 13.1. The lowest BCUT2D eigenvalue weighted by atomic mass is 10.2. The Bertz CT molecular complexity index is 1030. The molecule has 0 spiro atoms. The van der Waals surface area contributed by atoms with Crippen LogP contribution in [-0.4, -0.2) is 28.1 Å². The van der Waals surface area contributed by atoms with Gasteiger partial charge in [0.05, 0.1) is 17.7 Å². The summed E-state index contributed by atoms with van der Waals surface area (Å²) in [6.07, 6.45) is -4.74. The van der Waals surface area contributed by atoms with Crippen LogP contribution in [0.4, 0.5) is 17.6 Å². The van der Waals surface area contributed by atoms with Crippen LogP contribution in [0.1, 0.15) is 18.5 Å². The normalized spacial score (nSPS) is 12.8. The van der Waals surface area contributed by atoms with E-state index in [1.807, 2.05) is 0 Å². The van der Waals surface area contributed by atoms with Gasteiger partial charge < -0.3 is 9.47 Å². The van der Waals surface area contributed by atoms with Crippen LogP contribution in [0.25, 0.3) is 11.0 Å². The van der Waals surface area contributed by atoms with E-state index in [0.717, 1.165) is 4.80 Å². The smallest absolute Gasteiger partial charge is 0.416 e. The van der Waals surface area contributed by atoms with Crippen molar-refractivity contribution in [2.24, 2.45) is 0 Å². The Hall–Kier alpha value is -2.88. The summed E-state index contributed by atoms with van der Waals surface area (Å²) in [5.41, 5.74) is -0.490. The molecule has 1 heterocycles. The summed E-state index contributed by atoms with van der Waals surface area (Å²) >= 11 is 5.76. The van der Waals surface area contributed by atoms with Gasteiger partial charge in [-0.3, -0.25) is 0 Å². The van der Waals surface area contributed by atoms with Crippen LogP contribution in [0, 0.1) is 5.82 Å². The molecule has 0 aliphatic rings. The number of hydrogen-bond donors (Lipinski definition) is 0. The van der Waals surface area contributed by atoms with Crippen molar-refractivity contribution in [3.05, 3.63) is 46.7 Å². The zero-order valence-electron chi connectivity index (χ0n) is 14.4. The zero-order chi connectivity index (χ0) is 20.6. The maximum absolute atomic E-state index is 14.1. The van der Waals surface area contributed by atoms with Crippen LogP contribution in [-0.2, 0) is 15.7 Å². The van der Waals surface area contributed by atoms with Crippen molar-refractivity contribution in [1.82, 2.24) is 15.0 Å².